The van der Waals surface area contributed by atoms with E-state index in [-0.39, 0.29) is 17.1 Å². The molecule has 0 spiro atoms. The molecule has 9 heteroatoms. The Balaban J connectivity index is 2.66. The summed E-state index contributed by atoms with van der Waals surface area (Å²) in [6, 6.07) is 4.48. The molecule has 1 aromatic rings. The molecule has 0 radical (unpaired) electrons. The van der Waals surface area contributed by atoms with E-state index in [1.807, 2.05) is 0 Å². The van der Waals surface area contributed by atoms with Crippen molar-refractivity contribution in [3.05, 3.63) is 22.7 Å². The quantitative estimate of drug-likeness (QED) is 0.467. The van der Waals surface area contributed by atoms with Crippen LogP contribution in [0.3, 0.4) is 0 Å². The zero-order chi connectivity index (χ0) is 15.2. The zero-order valence-corrected chi connectivity index (χ0v) is 13.3. The monoisotopic (exact) mass is 365 g/mol. The summed E-state index contributed by atoms with van der Waals surface area (Å²) < 4.78 is 31.6. The molecule has 0 aliphatic rings. The first-order valence-electron chi connectivity index (χ1n) is 5.67. The molecule has 0 aliphatic carbocycles. The highest BCUT2D eigenvalue weighted by molar-refractivity contribution is 9.10. The summed E-state index contributed by atoms with van der Waals surface area (Å²) in [4.78, 5) is 11.3. The molecule has 0 aromatic heterocycles. The van der Waals surface area contributed by atoms with Gasteiger partial charge in [0.25, 0.3) is 0 Å². The number of benzene rings is 1. The molecule has 0 saturated carbocycles. The number of hydrogen-bond donors (Lipinski definition) is 3. The maximum Gasteiger partial charge on any atom is 0.243 e. The van der Waals surface area contributed by atoms with Crippen molar-refractivity contribution in [2.75, 3.05) is 32.5 Å². The standard InChI is InChI=1S/C11H16BrN3O4S/c1-19-5-4-14-11(16)7-15-20(17,18)10-6-8(12)2-3-9(10)13/h2-3,6,15H,4-5,7,13H2,1H3,(H,14,16). The van der Waals surface area contributed by atoms with Crippen LogP contribution in [0.25, 0.3) is 0 Å². The molecule has 0 saturated heterocycles. The lowest BCUT2D eigenvalue weighted by Gasteiger charge is -2.09. The number of methoxy groups -OCH3 is 1. The third-order valence-corrected chi connectivity index (χ3v) is 4.27. The average Bonchev–Trinajstić information content (AvgIpc) is 2.39. The SMILES string of the molecule is COCCNC(=O)CNS(=O)(=O)c1cc(Br)ccc1N. The molecule has 0 unspecified atom stereocenters. The number of carbonyl (C=O) groups excluding carboxylic acids is 1. The van der Waals surface area contributed by atoms with Gasteiger partial charge in [-0.1, -0.05) is 15.9 Å². The third kappa shape index (κ3) is 5.08. The highest BCUT2D eigenvalue weighted by Crippen LogP contribution is 2.22. The fourth-order valence-electron chi connectivity index (χ4n) is 1.33. The molecule has 0 atom stereocenters. The van der Waals surface area contributed by atoms with Crippen molar-refractivity contribution in [2.45, 2.75) is 4.90 Å². The van der Waals surface area contributed by atoms with Crippen molar-refractivity contribution in [2.24, 2.45) is 0 Å². The Morgan fingerprint density at radius 2 is 2.15 bits per heavy atom. The van der Waals surface area contributed by atoms with E-state index in [2.05, 4.69) is 26.0 Å². The van der Waals surface area contributed by atoms with Crippen LogP contribution in [0.1, 0.15) is 0 Å². The fourth-order valence-corrected chi connectivity index (χ4v) is 2.98. The van der Waals surface area contributed by atoms with Crippen molar-refractivity contribution in [3.8, 4) is 0 Å². The summed E-state index contributed by atoms with van der Waals surface area (Å²) >= 11 is 3.17. The van der Waals surface area contributed by atoms with Gasteiger partial charge in [-0.05, 0) is 18.2 Å². The molecule has 20 heavy (non-hydrogen) atoms. The number of ether oxygens (including phenoxy) is 1. The van der Waals surface area contributed by atoms with Crippen LogP contribution in [0.4, 0.5) is 5.69 Å². The number of rotatable bonds is 7. The molecule has 1 aromatic carbocycles. The van der Waals surface area contributed by atoms with Crippen LogP contribution < -0.4 is 15.8 Å². The molecule has 112 valence electrons. The topological polar surface area (TPSA) is 111 Å². The van der Waals surface area contributed by atoms with Crippen molar-refractivity contribution in [3.63, 3.8) is 0 Å². The summed E-state index contributed by atoms with van der Waals surface area (Å²) in [7, 11) is -2.33. The minimum Gasteiger partial charge on any atom is -0.398 e. The van der Waals surface area contributed by atoms with E-state index >= 15 is 0 Å². The van der Waals surface area contributed by atoms with Crippen molar-refractivity contribution >= 4 is 37.5 Å². The molecule has 1 amide bonds. The first-order chi connectivity index (χ1) is 9.36. The Kier molecular flexibility index (Phi) is 6.40. The highest BCUT2D eigenvalue weighted by atomic mass is 79.9. The molecule has 0 heterocycles. The smallest absolute Gasteiger partial charge is 0.243 e. The van der Waals surface area contributed by atoms with Gasteiger partial charge in [0.1, 0.15) is 4.90 Å². The van der Waals surface area contributed by atoms with Gasteiger partial charge >= 0.3 is 0 Å². The zero-order valence-electron chi connectivity index (χ0n) is 10.8. The average molecular weight is 366 g/mol. The van der Waals surface area contributed by atoms with Crippen LogP contribution in [0.15, 0.2) is 27.6 Å². The summed E-state index contributed by atoms with van der Waals surface area (Å²) in [6.07, 6.45) is 0. The Bertz CT molecular complexity index is 577. The minimum atomic E-state index is -3.84. The number of sulfonamides is 1. The highest BCUT2D eigenvalue weighted by Gasteiger charge is 2.18. The largest absolute Gasteiger partial charge is 0.398 e. The van der Waals surface area contributed by atoms with Gasteiger partial charge in [-0.3, -0.25) is 4.79 Å². The van der Waals surface area contributed by atoms with E-state index in [0.29, 0.717) is 17.6 Å². The number of hydrogen-bond acceptors (Lipinski definition) is 5. The summed E-state index contributed by atoms with van der Waals surface area (Å²) in [5.74, 6) is -0.445. The number of nitrogens with two attached hydrogens (primary N) is 1. The maximum absolute atomic E-state index is 12.0. The number of amides is 1. The molecular weight excluding hydrogens is 350 g/mol. The predicted octanol–water partition coefficient (Wildman–Crippen LogP) is 0.0722. The normalized spacial score (nSPS) is 11.3. The lowest BCUT2D eigenvalue weighted by atomic mass is 10.3. The van der Waals surface area contributed by atoms with Gasteiger partial charge in [0, 0.05) is 18.1 Å². The first-order valence-corrected chi connectivity index (χ1v) is 7.95. The van der Waals surface area contributed by atoms with Gasteiger partial charge in [-0.2, -0.15) is 0 Å². The number of halogens is 1. The number of anilines is 1. The van der Waals surface area contributed by atoms with Gasteiger partial charge in [0.2, 0.25) is 15.9 Å². The molecule has 0 fully saturated rings. The number of carbonyl (C=O) groups is 1. The van der Waals surface area contributed by atoms with E-state index in [1.54, 1.807) is 6.07 Å². The summed E-state index contributed by atoms with van der Waals surface area (Å²) in [6.45, 7) is 0.311. The van der Waals surface area contributed by atoms with Crippen LogP contribution in [-0.4, -0.2) is 41.1 Å². The van der Waals surface area contributed by atoms with Crippen LogP contribution >= 0.6 is 15.9 Å². The van der Waals surface area contributed by atoms with E-state index in [9.17, 15) is 13.2 Å². The van der Waals surface area contributed by atoms with Crippen molar-refractivity contribution in [1.82, 2.24) is 10.0 Å². The minimum absolute atomic E-state index is 0.0726. The first kappa shape index (κ1) is 16.9. The van der Waals surface area contributed by atoms with Crippen LogP contribution in [0.2, 0.25) is 0 Å². The third-order valence-electron chi connectivity index (χ3n) is 2.32. The van der Waals surface area contributed by atoms with Gasteiger partial charge in [-0.15, -0.1) is 0 Å². The number of nitrogen functional groups attached to an aromatic ring is 1. The Morgan fingerprint density at radius 1 is 1.45 bits per heavy atom. The fraction of sp³-hybridized carbons (Fsp3) is 0.364. The molecule has 0 bridgehead atoms. The van der Waals surface area contributed by atoms with Gasteiger partial charge < -0.3 is 15.8 Å². The Labute approximate surface area is 126 Å². The van der Waals surface area contributed by atoms with Crippen molar-refractivity contribution < 1.29 is 17.9 Å². The Morgan fingerprint density at radius 3 is 2.80 bits per heavy atom. The lowest BCUT2D eigenvalue weighted by Crippen LogP contribution is -2.38. The summed E-state index contributed by atoms with van der Waals surface area (Å²) in [5, 5.41) is 2.50. The van der Waals surface area contributed by atoms with Gasteiger partial charge in [0.05, 0.1) is 18.8 Å². The lowest BCUT2D eigenvalue weighted by molar-refractivity contribution is -0.120. The second-order valence-electron chi connectivity index (χ2n) is 3.85. The summed E-state index contributed by atoms with van der Waals surface area (Å²) in [5.41, 5.74) is 5.73. The van der Waals surface area contributed by atoms with E-state index < -0.39 is 15.9 Å². The van der Waals surface area contributed by atoms with Crippen LogP contribution in [-0.2, 0) is 19.6 Å². The van der Waals surface area contributed by atoms with Crippen molar-refractivity contribution in [1.29, 1.82) is 0 Å². The second-order valence-corrected chi connectivity index (χ2v) is 6.50. The van der Waals surface area contributed by atoms with E-state index in [4.69, 9.17) is 10.5 Å². The van der Waals surface area contributed by atoms with E-state index in [0.717, 1.165) is 0 Å². The molecule has 1 rings (SSSR count). The van der Waals surface area contributed by atoms with Crippen LogP contribution in [0, 0.1) is 0 Å². The second kappa shape index (κ2) is 7.58. The van der Waals surface area contributed by atoms with E-state index in [1.165, 1.54) is 19.2 Å². The molecular formula is C11H16BrN3O4S. The molecule has 4 N–H and O–H groups in total. The predicted molar refractivity (Wildman–Crippen MR) is 78.6 cm³/mol. The number of nitrogens with one attached hydrogen (secondary N) is 2. The van der Waals surface area contributed by atoms with Gasteiger partial charge in [0.15, 0.2) is 0 Å². The maximum atomic E-state index is 12.0. The molecule has 0 aliphatic heterocycles. The molecule has 7 nitrogen and oxygen atoms in total. The Hall–Kier alpha value is -1.16. The van der Waals surface area contributed by atoms with Crippen LogP contribution in [0.5, 0.6) is 0 Å². The van der Waals surface area contributed by atoms with Gasteiger partial charge in [-0.25, -0.2) is 13.1 Å².